The highest BCUT2D eigenvalue weighted by Crippen LogP contribution is 2.22. The number of likely N-dealkylation sites (N-methyl/N-ethyl adjacent to an activating group) is 1. The van der Waals surface area contributed by atoms with Gasteiger partial charge in [0.2, 0.25) is 5.95 Å². The second kappa shape index (κ2) is 6.23. The average molecular weight is 250 g/mol. The smallest absolute Gasteiger partial charge is 0.203 e. The molecule has 102 valence electrons. The molecule has 0 spiro atoms. The lowest BCUT2D eigenvalue weighted by molar-refractivity contribution is 0.237. The van der Waals surface area contributed by atoms with Crippen molar-refractivity contribution in [3.63, 3.8) is 0 Å². The average Bonchev–Trinajstić information content (AvgIpc) is 2.95. The van der Waals surface area contributed by atoms with Gasteiger partial charge in [-0.25, -0.2) is 4.98 Å². The lowest BCUT2D eigenvalue weighted by atomic mass is 10.2. The van der Waals surface area contributed by atoms with Gasteiger partial charge in [-0.2, -0.15) is 0 Å². The third kappa shape index (κ3) is 3.48. The fourth-order valence-corrected chi connectivity index (χ4v) is 2.68. The second-order valence-electron chi connectivity index (χ2n) is 5.66. The van der Waals surface area contributed by atoms with Crippen molar-refractivity contribution in [3.8, 4) is 0 Å². The third-order valence-electron chi connectivity index (χ3n) is 3.77. The van der Waals surface area contributed by atoms with Crippen LogP contribution in [-0.2, 0) is 6.54 Å². The van der Waals surface area contributed by atoms with E-state index >= 15 is 0 Å². The standard InChI is InChI=1S/C14H26N4/c1-12(2)16-14-15-8-9-18(14)11-10-17(3)13-6-4-5-7-13/h8-9,12-13H,4-7,10-11H2,1-3H3,(H,15,16). The molecule has 18 heavy (non-hydrogen) atoms. The Morgan fingerprint density at radius 1 is 1.44 bits per heavy atom. The molecule has 4 heteroatoms. The van der Waals surface area contributed by atoms with Crippen molar-refractivity contribution in [2.45, 2.75) is 58.2 Å². The normalized spacial score (nSPS) is 16.9. The first kappa shape index (κ1) is 13.4. The lowest BCUT2D eigenvalue weighted by Gasteiger charge is -2.24. The van der Waals surface area contributed by atoms with Gasteiger partial charge in [-0.3, -0.25) is 0 Å². The van der Waals surface area contributed by atoms with E-state index in [-0.39, 0.29) is 0 Å². The maximum atomic E-state index is 4.37. The molecule has 1 fully saturated rings. The molecule has 0 radical (unpaired) electrons. The van der Waals surface area contributed by atoms with E-state index in [2.05, 4.69) is 46.9 Å². The Morgan fingerprint density at radius 2 is 2.17 bits per heavy atom. The Bertz CT molecular complexity index is 352. The first-order chi connectivity index (χ1) is 8.66. The van der Waals surface area contributed by atoms with Crippen LogP contribution >= 0.6 is 0 Å². The van der Waals surface area contributed by atoms with E-state index < -0.39 is 0 Å². The fraction of sp³-hybridized carbons (Fsp3) is 0.786. The van der Waals surface area contributed by atoms with Crippen LogP contribution in [-0.4, -0.2) is 40.1 Å². The fourth-order valence-electron chi connectivity index (χ4n) is 2.68. The first-order valence-corrected chi connectivity index (χ1v) is 7.14. The molecule has 0 aliphatic heterocycles. The van der Waals surface area contributed by atoms with Gasteiger partial charge in [0, 0.05) is 37.6 Å². The summed E-state index contributed by atoms with van der Waals surface area (Å²) in [5.41, 5.74) is 0. The maximum Gasteiger partial charge on any atom is 0.203 e. The number of rotatable bonds is 6. The van der Waals surface area contributed by atoms with Crippen molar-refractivity contribution < 1.29 is 0 Å². The van der Waals surface area contributed by atoms with E-state index in [9.17, 15) is 0 Å². The molecule has 0 bridgehead atoms. The zero-order valence-electron chi connectivity index (χ0n) is 11.9. The second-order valence-corrected chi connectivity index (χ2v) is 5.66. The van der Waals surface area contributed by atoms with Crippen LogP contribution in [0.1, 0.15) is 39.5 Å². The van der Waals surface area contributed by atoms with Gasteiger partial charge in [-0.15, -0.1) is 0 Å². The van der Waals surface area contributed by atoms with Crippen molar-refractivity contribution in [2.24, 2.45) is 0 Å². The van der Waals surface area contributed by atoms with Gasteiger partial charge in [0.15, 0.2) is 0 Å². The zero-order valence-corrected chi connectivity index (χ0v) is 11.9. The van der Waals surface area contributed by atoms with Crippen LogP contribution in [0.25, 0.3) is 0 Å². The SMILES string of the molecule is CC(C)Nc1nccn1CCN(C)C1CCCC1. The molecule has 0 amide bonds. The summed E-state index contributed by atoms with van der Waals surface area (Å²) in [5.74, 6) is 0.991. The van der Waals surface area contributed by atoms with Crippen molar-refractivity contribution in [1.82, 2.24) is 14.5 Å². The molecule has 1 aromatic heterocycles. The van der Waals surface area contributed by atoms with Crippen LogP contribution in [0.3, 0.4) is 0 Å². The molecular formula is C14H26N4. The van der Waals surface area contributed by atoms with Crippen molar-refractivity contribution in [1.29, 1.82) is 0 Å². The summed E-state index contributed by atoms with van der Waals surface area (Å²) in [5, 5.41) is 3.38. The minimum absolute atomic E-state index is 0.429. The Morgan fingerprint density at radius 3 is 2.83 bits per heavy atom. The minimum atomic E-state index is 0.429. The Hall–Kier alpha value is -1.03. The molecule has 0 unspecified atom stereocenters. The van der Waals surface area contributed by atoms with E-state index in [0.717, 1.165) is 25.1 Å². The van der Waals surface area contributed by atoms with E-state index in [4.69, 9.17) is 0 Å². The summed E-state index contributed by atoms with van der Waals surface area (Å²) in [6, 6.07) is 1.23. The topological polar surface area (TPSA) is 33.1 Å². The first-order valence-electron chi connectivity index (χ1n) is 7.14. The van der Waals surface area contributed by atoms with Crippen LogP contribution in [0.4, 0.5) is 5.95 Å². The Labute approximate surface area is 110 Å². The van der Waals surface area contributed by atoms with Crippen LogP contribution < -0.4 is 5.32 Å². The summed E-state index contributed by atoms with van der Waals surface area (Å²) in [6.45, 7) is 6.41. The van der Waals surface area contributed by atoms with Gasteiger partial charge in [0.05, 0.1) is 0 Å². The third-order valence-corrected chi connectivity index (χ3v) is 3.77. The molecule has 2 rings (SSSR count). The molecule has 0 aromatic carbocycles. The quantitative estimate of drug-likeness (QED) is 0.842. The number of imidazole rings is 1. The van der Waals surface area contributed by atoms with E-state index in [1.807, 2.05) is 6.20 Å². The lowest BCUT2D eigenvalue weighted by Crippen LogP contribution is -2.32. The van der Waals surface area contributed by atoms with Gasteiger partial charge >= 0.3 is 0 Å². The van der Waals surface area contributed by atoms with E-state index in [1.54, 1.807) is 0 Å². The molecule has 0 saturated heterocycles. The van der Waals surface area contributed by atoms with Crippen LogP contribution in [0.5, 0.6) is 0 Å². The molecular weight excluding hydrogens is 224 g/mol. The predicted molar refractivity (Wildman–Crippen MR) is 75.9 cm³/mol. The molecule has 1 aliphatic carbocycles. The number of hydrogen-bond donors (Lipinski definition) is 1. The van der Waals surface area contributed by atoms with E-state index in [0.29, 0.717) is 6.04 Å². The van der Waals surface area contributed by atoms with Crippen molar-refractivity contribution in [3.05, 3.63) is 12.4 Å². The van der Waals surface area contributed by atoms with Gasteiger partial charge in [0.1, 0.15) is 0 Å². The Balaban J connectivity index is 1.83. The maximum absolute atomic E-state index is 4.37. The summed E-state index contributed by atoms with van der Waals surface area (Å²) in [7, 11) is 2.25. The molecule has 0 atom stereocenters. The highest BCUT2D eigenvalue weighted by atomic mass is 15.2. The highest BCUT2D eigenvalue weighted by Gasteiger charge is 2.19. The number of hydrogen-bond acceptors (Lipinski definition) is 3. The molecule has 4 nitrogen and oxygen atoms in total. The van der Waals surface area contributed by atoms with Gasteiger partial charge < -0.3 is 14.8 Å². The molecule has 1 N–H and O–H groups in total. The van der Waals surface area contributed by atoms with Gasteiger partial charge in [0.25, 0.3) is 0 Å². The molecule has 1 saturated carbocycles. The number of nitrogens with zero attached hydrogens (tertiary/aromatic N) is 3. The largest absolute Gasteiger partial charge is 0.353 e. The summed E-state index contributed by atoms with van der Waals surface area (Å²) < 4.78 is 2.21. The zero-order chi connectivity index (χ0) is 13.0. The Kier molecular flexibility index (Phi) is 4.64. The molecule has 1 aromatic rings. The number of nitrogens with one attached hydrogen (secondary N) is 1. The summed E-state index contributed by atoms with van der Waals surface area (Å²) in [6.07, 6.45) is 9.49. The van der Waals surface area contributed by atoms with Gasteiger partial charge in [-0.05, 0) is 33.7 Å². The van der Waals surface area contributed by atoms with E-state index in [1.165, 1.54) is 25.7 Å². The van der Waals surface area contributed by atoms with Crippen molar-refractivity contribution in [2.75, 3.05) is 18.9 Å². The summed E-state index contributed by atoms with van der Waals surface area (Å²) in [4.78, 5) is 6.87. The summed E-state index contributed by atoms with van der Waals surface area (Å²) >= 11 is 0. The molecule has 1 aliphatic rings. The van der Waals surface area contributed by atoms with Crippen LogP contribution in [0, 0.1) is 0 Å². The number of anilines is 1. The predicted octanol–water partition coefficient (Wildman–Crippen LogP) is 2.58. The number of aromatic nitrogens is 2. The van der Waals surface area contributed by atoms with Crippen molar-refractivity contribution >= 4 is 5.95 Å². The van der Waals surface area contributed by atoms with Crippen LogP contribution in [0.15, 0.2) is 12.4 Å². The van der Waals surface area contributed by atoms with Crippen LogP contribution in [0.2, 0.25) is 0 Å². The van der Waals surface area contributed by atoms with Gasteiger partial charge in [-0.1, -0.05) is 12.8 Å². The monoisotopic (exact) mass is 250 g/mol. The minimum Gasteiger partial charge on any atom is -0.353 e. The molecule has 1 heterocycles. The highest BCUT2D eigenvalue weighted by molar-refractivity contribution is 5.26.